The minimum absolute atomic E-state index is 0.0156. The average molecular weight is 306 g/mol. The third-order valence-corrected chi connectivity index (χ3v) is 3.17. The second kappa shape index (κ2) is 5.62. The van der Waals surface area contributed by atoms with E-state index in [4.69, 9.17) is 16.7 Å². The van der Waals surface area contributed by atoms with Gasteiger partial charge >= 0.3 is 12.6 Å². The number of halogens is 3. The molecule has 2 atom stereocenters. The van der Waals surface area contributed by atoms with E-state index in [-0.39, 0.29) is 22.9 Å². The van der Waals surface area contributed by atoms with E-state index in [0.717, 1.165) is 6.07 Å². The van der Waals surface area contributed by atoms with E-state index in [1.165, 1.54) is 12.1 Å². The molecule has 1 aliphatic carbocycles. The quantitative estimate of drug-likeness (QED) is 0.877. The molecular formula is C12H10ClF2NO4. The van der Waals surface area contributed by atoms with Crippen molar-refractivity contribution in [2.45, 2.75) is 13.0 Å². The van der Waals surface area contributed by atoms with Crippen LogP contribution in [0.5, 0.6) is 5.75 Å². The van der Waals surface area contributed by atoms with Crippen LogP contribution < -0.4 is 10.1 Å². The van der Waals surface area contributed by atoms with Gasteiger partial charge < -0.3 is 15.2 Å². The van der Waals surface area contributed by atoms with Gasteiger partial charge in [0.1, 0.15) is 5.75 Å². The van der Waals surface area contributed by atoms with Gasteiger partial charge in [-0.05, 0) is 18.6 Å². The number of anilines is 1. The molecule has 2 rings (SSSR count). The van der Waals surface area contributed by atoms with Crippen LogP contribution in [-0.4, -0.2) is 23.6 Å². The van der Waals surface area contributed by atoms with Crippen molar-refractivity contribution in [2.75, 3.05) is 5.32 Å². The normalized spacial score (nSPS) is 20.6. The number of hydrogen-bond acceptors (Lipinski definition) is 3. The molecule has 8 heteroatoms. The molecule has 0 aliphatic heterocycles. The Morgan fingerprint density at radius 2 is 2.10 bits per heavy atom. The molecule has 0 aromatic heterocycles. The Bertz CT molecular complexity index is 552. The summed E-state index contributed by atoms with van der Waals surface area (Å²) < 4.78 is 28.5. The number of alkyl halides is 2. The van der Waals surface area contributed by atoms with Gasteiger partial charge in [-0.15, -0.1) is 0 Å². The van der Waals surface area contributed by atoms with E-state index in [9.17, 15) is 18.4 Å². The lowest BCUT2D eigenvalue weighted by molar-refractivity contribution is -0.139. The van der Waals surface area contributed by atoms with Crippen molar-refractivity contribution < 1.29 is 28.2 Å². The lowest BCUT2D eigenvalue weighted by atomic mass is 10.2. The predicted octanol–water partition coefficient (Wildman–Crippen LogP) is 2.60. The molecule has 1 aromatic carbocycles. The van der Waals surface area contributed by atoms with Crippen molar-refractivity contribution in [1.29, 1.82) is 0 Å². The Morgan fingerprint density at radius 1 is 1.40 bits per heavy atom. The van der Waals surface area contributed by atoms with Gasteiger partial charge in [-0.3, -0.25) is 9.59 Å². The second-order valence-corrected chi connectivity index (χ2v) is 4.71. The van der Waals surface area contributed by atoms with Crippen molar-refractivity contribution in [3.63, 3.8) is 0 Å². The topological polar surface area (TPSA) is 75.6 Å². The van der Waals surface area contributed by atoms with E-state index in [0.29, 0.717) is 0 Å². The maximum atomic E-state index is 12.1. The van der Waals surface area contributed by atoms with Gasteiger partial charge in [0.25, 0.3) is 0 Å². The standard InChI is InChI=1S/C12H10ClF2NO4/c13-8-2-1-5(3-9(8)20-12(14)15)16-10(17)6-4-7(6)11(18)19/h1-3,6-7,12H,4H2,(H,16,17)(H,18,19)/t6-,7+/m0/s1. The molecule has 5 nitrogen and oxygen atoms in total. The maximum Gasteiger partial charge on any atom is 0.387 e. The zero-order valence-electron chi connectivity index (χ0n) is 9.98. The maximum absolute atomic E-state index is 12.1. The van der Waals surface area contributed by atoms with E-state index in [1.54, 1.807) is 0 Å². The molecule has 108 valence electrons. The Labute approximate surface area is 117 Å². The van der Waals surface area contributed by atoms with Gasteiger partial charge in [-0.1, -0.05) is 11.6 Å². The Kier molecular flexibility index (Phi) is 4.08. The fraction of sp³-hybridized carbons (Fsp3) is 0.333. The van der Waals surface area contributed by atoms with Crippen molar-refractivity contribution in [1.82, 2.24) is 0 Å². The summed E-state index contributed by atoms with van der Waals surface area (Å²) in [6, 6.07) is 3.87. The summed E-state index contributed by atoms with van der Waals surface area (Å²) in [5.41, 5.74) is 0.214. The van der Waals surface area contributed by atoms with Crippen LogP contribution in [0.4, 0.5) is 14.5 Å². The zero-order chi connectivity index (χ0) is 14.9. The number of carboxylic acids is 1. The molecule has 2 N–H and O–H groups in total. The average Bonchev–Trinajstić information content (AvgIpc) is 3.13. The molecule has 0 heterocycles. The number of ether oxygens (including phenoxy) is 1. The molecule has 1 aromatic rings. The van der Waals surface area contributed by atoms with E-state index < -0.39 is 30.3 Å². The molecule has 0 radical (unpaired) electrons. The number of carbonyl (C=O) groups excluding carboxylic acids is 1. The first-order valence-corrected chi connectivity index (χ1v) is 6.04. The summed E-state index contributed by atoms with van der Waals surface area (Å²) in [5, 5.41) is 11.1. The second-order valence-electron chi connectivity index (χ2n) is 4.30. The van der Waals surface area contributed by atoms with E-state index in [1.807, 2.05) is 0 Å². The van der Waals surface area contributed by atoms with Crippen LogP contribution >= 0.6 is 11.6 Å². The summed E-state index contributed by atoms with van der Waals surface area (Å²) in [6.07, 6.45) is 0.273. The molecule has 0 bridgehead atoms. The number of rotatable bonds is 5. The highest BCUT2D eigenvalue weighted by atomic mass is 35.5. The van der Waals surface area contributed by atoms with Gasteiger partial charge in [-0.25, -0.2) is 0 Å². The predicted molar refractivity (Wildman–Crippen MR) is 65.9 cm³/mol. The first-order valence-electron chi connectivity index (χ1n) is 5.66. The van der Waals surface area contributed by atoms with Crippen LogP contribution in [0.3, 0.4) is 0 Å². The van der Waals surface area contributed by atoms with Crippen LogP contribution in [0.15, 0.2) is 18.2 Å². The number of amides is 1. The van der Waals surface area contributed by atoms with Gasteiger partial charge in [0.2, 0.25) is 5.91 Å². The monoisotopic (exact) mass is 305 g/mol. The first-order chi connectivity index (χ1) is 9.38. The molecule has 0 saturated heterocycles. The zero-order valence-corrected chi connectivity index (χ0v) is 10.7. The third-order valence-electron chi connectivity index (χ3n) is 2.86. The summed E-state index contributed by atoms with van der Waals surface area (Å²) in [5.74, 6) is -3.03. The number of aliphatic carboxylic acids is 1. The molecule has 1 aliphatic rings. The molecule has 0 spiro atoms. The molecule has 0 unspecified atom stereocenters. The number of nitrogens with one attached hydrogen (secondary N) is 1. The van der Waals surface area contributed by atoms with E-state index >= 15 is 0 Å². The minimum atomic E-state index is -3.03. The molecule has 1 saturated carbocycles. The van der Waals surface area contributed by atoms with Gasteiger partial charge in [0.15, 0.2) is 0 Å². The number of carbonyl (C=O) groups is 2. The Morgan fingerprint density at radius 3 is 2.65 bits per heavy atom. The smallest absolute Gasteiger partial charge is 0.387 e. The van der Waals surface area contributed by atoms with Gasteiger partial charge in [0.05, 0.1) is 16.9 Å². The van der Waals surface area contributed by atoms with Crippen LogP contribution in [0.2, 0.25) is 5.02 Å². The lowest BCUT2D eigenvalue weighted by Crippen LogP contribution is -2.16. The number of benzene rings is 1. The highest BCUT2D eigenvalue weighted by Crippen LogP contribution is 2.39. The fourth-order valence-electron chi connectivity index (χ4n) is 1.76. The summed E-state index contributed by atoms with van der Waals surface area (Å²) in [6.45, 7) is -3.03. The molecule has 20 heavy (non-hydrogen) atoms. The van der Waals surface area contributed by atoms with Crippen molar-refractivity contribution in [3.05, 3.63) is 23.2 Å². The van der Waals surface area contributed by atoms with Crippen LogP contribution in [0.25, 0.3) is 0 Å². The van der Waals surface area contributed by atoms with Crippen molar-refractivity contribution in [3.8, 4) is 5.75 Å². The van der Waals surface area contributed by atoms with Gasteiger partial charge in [-0.2, -0.15) is 8.78 Å². The van der Waals surface area contributed by atoms with Crippen molar-refractivity contribution >= 4 is 29.2 Å². The fourth-order valence-corrected chi connectivity index (χ4v) is 1.92. The van der Waals surface area contributed by atoms with Crippen LogP contribution in [0, 0.1) is 11.8 Å². The first kappa shape index (κ1) is 14.5. The molecule has 1 fully saturated rings. The van der Waals surface area contributed by atoms with Gasteiger partial charge in [0, 0.05) is 11.8 Å². The number of hydrogen-bond donors (Lipinski definition) is 2. The van der Waals surface area contributed by atoms with Crippen molar-refractivity contribution in [2.24, 2.45) is 11.8 Å². The molecule has 1 amide bonds. The van der Waals surface area contributed by atoms with Crippen LogP contribution in [-0.2, 0) is 9.59 Å². The minimum Gasteiger partial charge on any atom is -0.481 e. The largest absolute Gasteiger partial charge is 0.481 e. The lowest BCUT2D eigenvalue weighted by Gasteiger charge is -2.10. The highest BCUT2D eigenvalue weighted by molar-refractivity contribution is 6.32. The highest BCUT2D eigenvalue weighted by Gasteiger charge is 2.48. The summed E-state index contributed by atoms with van der Waals surface area (Å²) >= 11 is 5.67. The molecular weight excluding hydrogens is 296 g/mol. The third kappa shape index (κ3) is 3.36. The van der Waals surface area contributed by atoms with Crippen LogP contribution in [0.1, 0.15) is 6.42 Å². The Balaban J connectivity index is 2.03. The summed E-state index contributed by atoms with van der Waals surface area (Å²) in [7, 11) is 0. The van der Waals surface area contributed by atoms with E-state index in [2.05, 4.69) is 10.1 Å². The number of carboxylic acid groups (broad SMARTS) is 1. The SMILES string of the molecule is O=C(Nc1ccc(Cl)c(OC(F)F)c1)[C@H]1C[C@H]1C(=O)O. The summed E-state index contributed by atoms with van der Waals surface area (Å²) in [4.78, 5) is 22.4. The Hall–Kier alpha value is -1.89.